The van der Waals surface area contributed by atoms with Crippen LogP contribution in [-0.4, -0.2) is 6.85 Å². The Hall–Kier alpha value is -6.04. The molecule has 2 aliphatic carbocycles. The number of para-hydroxylation sites is 1. The molecule has 9 aromatic rings. The number of rotatable bonds is 5. The van der Waals surface area contributed by atoms with Crippen LogP contribution >= 0.6 is 11.3 Å². The number of fused-ring (bicyclic) bond motifs is 14. The lowest BCUT2D eigenvalue weighted by Gasteiger charge is -2.45. The van der Waals surface area contributed by atoms with Gasteiger partial charge in [-0.25, -0.2) is 0 Å². The number of benzene rings is 7. The Morgan fingerprint density at radius 3 is 2.11 bits per heavy atom. The monoisotopic (exact) mass is 848 g/mol. The standard InChI is InChI=1S/C59H53BN2OS/c1-8-9-17-35-24-26-36(27-25-35)61-48-32-41-38-20-13-15-22-44(38)59(6,7)53(41)52-42-30-40-39-21-14-16-23-50(39)64-51(40)34-47(42)62(37-18-11-10-12-19-37)60(54(48)52)56-55(61)43-31-45-46(33-49(43)63-56)58(4,5)29-28-57(45,2)3/h10-16,18-27,30-34H,8-9,17,28-29H2,1-7H3. The van der Waals surface area contributed by atoms with E-state index in [1.165, 1.54) is 117 Å². The number of nitrogens with zero attached hydrogens (tertiary/aromatic N) is 2. The molecule has 4 aliphatic rings. The third-order valence-corrected chi connectivity index (χ3v) is 17.0. The molecule has 0 unspecified atom stereocenters. The molecular weight excluding hydrogens is 796 g/mol. The van der Waals surface area contributed by atoms with Gasteiger partial charge in [-0.2, -0.15) is 0 Å². The molecule has 5 heteroatoms. The number of furan rings is 1. The minimum Gasteiger partial charge on any atom is -0.466 e. The van der Waals surface area contributed by atoms with Gasteiger partial charge in [-0.1, -0.05) is 128 Å². The average molecular weight is 849 g/mol. The fraction of sp³-hybridized carbons (Fsp3) is 0.254. The Labute approximate surface area is 381 Å². The minimum atomic E-state index is -0.241. The molecule has 0 saturated carbocycles. The number of hydrogen-bond acceptors (Lipinski definition) is 4. The van der Waals surface area contributed by atoms with E-state index in [1.54, 1.807) is 0 Å². The lowest BCUT2D eigenvalue weighted by Crippen LogP contribution is -2.61. The molecule has 7 aromatic carbocycles. The van der Waals surface area contributed by atoms with Gasteiger partial charge in [-0.15, -0.1) is 11.3 Å². The Bertz CT molecular complexity index is 3420. The molecule has 0 amide bonds. The summed E-state index contributed by atoms with van der Waals surface area (Å²) in [5.74, 6) is 0. The zero-order chi connectivity index (χ0) is 43.4. The topological polar surface area (TPSA) is 19.6 Å². The fourth-order valence-electron chi connectivity index (χ4n) is 12.4. The van der Waals surface area contributed by atoms with E-state index >= 15 is 0 Å². The first-order valence-corrected chi connectivity index (χ1v) is 24.4. The van der Waals surface area contributed by atoms with Crippen molar-refractivity contribution < 1.29 is 4.42 Å². The van der Waals surface area contributed by atoms with Crippen molar-refractivity contribution in [3.8, 4) is 22.3 Å². The van der Waals surface area contributed by atoms with Crippen LogP contribution in [0.5, 0.6) is 0 Å². The van der Waals surface area contributed by atoms with E-state index in [9.17, 15) is 0 Å². The first kappa shape index (κ1) is 38.4. The van der Waals surface area contributed by atoms with Gasteiger partial charge in [-0.3, -0.25) is 0 Å². The normalized spacial score (nSPS) is 17.0. The van der Waals surface area contributed by atoms with Crippen LogP contribution in [0.15, 0.2) is 138 Å². The summed E-state index contributed by atoms with van der Waals surface area (Å²) in [6.07, 6.45) is 5.77. The Kier molecular flexibility index (Phi) is 7.97. The van der Waals surface area contributed by atoms with Gasteiger partial charge in [-0.05, 0) is 147 Å². The van der Waals surface area contributed by atoms with Crippen molar-refractivity contribution in [2.75, 3.05) is 9.71 Å². The van der Waals surface area contributed by atoms with Crippen molar-refractivity contribution >= 4 is 88.9 Å². The highest BCUT2D eigenvalue weighted by Crippen LogP contribution is 2.59. The van der Waals surface area contributed by atoms with E-state index in [0.717, 1.165) is 36.2 Å². The van der Waals surface area contributed by atoms with Crippen LogP contribution in [-0.2, 0) is 22.7 Å². The summed E-state index contributed by atoms with van der Waals surface area (Å²) in [6, 6.07) is 51.3. The van der Waals surface area contributed by atoms with E-state index < -0.39 is 0 Å². The zero-order valence-electron chi connectivity index (χ0n) is 38.0. The molecule has 2 aromatic heterocycles. The van der Waals surface area contributed by atoms with Gasteiger partial charge < -0.3 is 14.1 Å². The van der Waals surface area contributed by atoms with Crippen LogP contribution < -0.4 is 20.8 Å². The maximum atomic E-state index is 7.65. The summed E-state index contributed by atoms with van der Waals surface area (Å²) in [6.45, 7) is 16.7. The van der Waals surface area contributed by atoms with E-state index in [2.05, 4.69) is 192 Å². The SMILES string of the molecule is CCCCc1ccc(N2c3cc4c(c5c3B(c3oc6cc7c(cc6c32)C(C)(C)CCC7(C)C)N(c2ccccc2)c2cc3sc6ccccc6c3cc2-5)C(C)(C)c2ccccc2-4)cc1. The summed E-state index contributed by atoms with van der Waals surface area (Å²) >= 11 is 1.90. The summed E-state index contributed by atoms with van der Waals surface area (Å²) < 4.78 is 10.3. The molecule has 3 nitrogen and oxygen atoms in total. The summed E-state index contributed by atoms with van der Waals surface area (Å²) in [5.41, 5.74) is 21.5. The predicted octanol–water partition coefficient (Wildman–Crippen LogP) is 15.5. The molecule has 314 valence electrons. The van der Waals surface area contributed by atoms with E-state index in [4.69, 9.17) is 4.42 Å². The molecule has 0 saturated heterocycles. The maximum Gasteiger partial charge on any atom is 0.375 e. The molecule has 13 rings (SSSR count). The van der Waals surface area contributed by atoms with Gasteiger partial charge in [0.1, 0.15) is 11.2 Å². The fourth-order valence-corrected chi connectivity index (χ4v) is 13.5. The second kappa shape index (κ2) is 13.3. The molecule has 0 N–H and O–H groups in total. The van der Waals surface area contributed by atoms with E-state index in [0.29, 0.717) is 0 Å². The highest BCUT2D eigenvalue weighted by molar-refractivity contribution is 7.25. The van der Waals surface area contributed by atoms with Gasteiger partial charge >= 0.3 is 6.85 Å². The van der Waals surface area contributed by atoms with Crippen LogP contribution in [0.2, 0.25) is 0 Å². The zero-order valence-corrected chi connectivity index (χ0v) is 38.8. The molecule has 2 aliphatic heterocycles. The maximum absolute atomic E-state index is 7.65. The lowest BCUT2D eigenvalue weighted by molar-refractivity contribution is 0.332. The van der Waals surface area contributed by atoms with Crippen molar-refractivity contribution in [3.63, 3.8) is 0 Å². The van der Waals surface area contributed by atoms with Gasteiger partial charge in [0, 0.05) is 59.3 Å². The largest absolute Gasteiger partial charge is 0.466 e. The van der Waals surface area contributed by atoms with Crippen LogP contribution in [0.1, 0.15) is 102 Å². The van der Waals surface area contributed by atoms with Crippen molar-refractivity contribution in [1.82, 2.24) is 0 Å². The molecule has 64 heavy (non-hydrogen) atoms. The molecule has 0 bridgehead atoms. The van der Waals surface area contributed by atoms with Crippen molar-refractivity contribution in [1.29, 1.82) is 0 Å². The Morgan fingerprint density at radius 2 is 1.33 bits per heavy atom. The quantitative estimate of drug-likeness (QED) is 0.161. The third kappa shape index (κ3) is 5.16. The van der Waals surface area contributed by atoms with Gasteiger partial charge in [0.25, 0.3) is 0 Å². The summed E-state index contributed by atoms with van der Waals surface area (Å²) in [4.78, 5) is 5.24. The van der Waals surface area contributed by atoms with Crippen LogP contribution in [0, 0.1) is 0 Å². The molecular formula is C59H53BN2OS. The van der Waals surface area contributed by atoms with Crippen molar-refractivity contribution in [2.45, 2.75) is 96.8 Å². The number of unbranched alkanes of at least 4 members (excludes halogenated alkanes) is 1. The molecule has 0 radical (unpaired) electrons. The predicted molar refractivity (Wildman–Crippen MR) is 274 cm³/mol. The first-order chi connectivity index (χ1) is 30.9. The second-order valence-electron chi connectivity index (χ2n) is 20.9. The average Bonchev–Trinajstić information content (AvgIpc) is 3.93. The number of thiophene rings is 1. The van der Waals surface area contributed by atoms with E-state index in [1.807, 2.05) is 11.3 Å². The van der Waals surface area contributed by atoms with E-state index in [-0.39, 0.29) is 23.1 Å². The number of aryl methyl sites for hydroxylation is 1. The van der Waals surface area contributed by atoms with Crippen LogP contribution in [0.4, 0.5) is 28.4 Å². The van der Waals surface area contributed by atoms with Gasteiger partial charge in [0.05, 0.1) is 5.69 Å². The molecule has 0 atom stereocenters. The molecule has 0 spiro atoms. The van der Waals surface area contributed by atoms with Crippen molar-refractivity contribution in [3.05, 3.63) is 161 Å². The lowest BCUT2D eigenvalue weighted by atomic mass is 9.45. The van der Waals surface area contributed by atoms with Crippen LogP contribution in [0.25, 0.3) is 53.4 Å². The molecule has 0 fully saturated rings. The van der Waals surface area contributed by atoms with Gasteiger partial charge in [0.2, 0.25) is 0 Å². The number of hydrogen-bond donors (Lipinski definition) is 0. The highest BCUT2D eigenvalue weighted by Gasteiger charge is 2.52. The molecule has 4 heterocycles. The highest BCUT2D eigenvalue weighted by atomic mass is 32.1. The minimum absolute atomic E-state index is 0.0420. The smallest absolute Gasteiger partial charge is 0.375 e. The Morgan fingerprint density at radius 1 is 0.609 bits per heavy atom. The summed E-state index contributed by atoms with van der Waals surface area (Å²) in [5, 5.41) is 3.84. The van der Waals surface area contributed by atoms with Crippen molar-refractivity contribution in [2.24, 2.45) is 0 Å². The van der Waals surface area contributed by atoms with Gasteiger partial charge in [0.15, 0.2) is 0 Å². The Balaban J connectivity index is 1.21. The third-order valence-electron chi connectivity index (χ3n) is 15.8. The number of anilines is 5. The van der Waals surface area contributed by atoms with Crippen LogP contribution in [0.3, 0.4) is 0 Å². The second-order valence-corrected chi connectivity index (χ2v) is 22.0. The summed E-state index contributed by atoms with van der Waals surface area (Å²) in [7, 11) is 0. The first-order valence-electron chi connectivity index (χ1n) is 23.6.